The Labute approximate surface area is 141 Å². The molecule has 0 spiro atoms. The van der Waals surface area contributed by atoms with E-state index in [2.05, 4.69) is 15.6 Å². The number of amides is 2. The zero-order valence-electron chi connectivity index (χ0n) is 13.8. The van der Waals surface area contributed by atoms with Crippen molar-refractivity contribution in [3.63, 3.8) is 0 Å². The Hall–Kier alpha value is -2.89. The first kappa shape index (κ1) is 17.5. The molecule has 1 aromatic carbocycles. The van der Waals surface area contributed by atoms with Gasteiger partial charge in [-0.25, -0.2) is 0 Å². The second-order valence-corrected chi connectivity index (χ2v) is 5.26. The number of aromatic nitrogens is 1. The largest absolute Gasteiger partial charge is 0.494 e. The summed E-state index contributed by atoms with van der Waals surface area (Å²) in [5.41, 5.74) is 1.62. The zero-order valence-corrected chi connectivity index (χ0v) is 13.8. The number of pyridine rings is 1. The first-order valence-electron chi connectivity index (χ1n) is 7.83. The van der Waals surface area contributed by atoms with E-state index in [-0.39, 0.29) is 11.8 Å². The summed E-state index contributed by atoms with van der Waals surface area (Å²) in [5.74, 6) is 0.177. The van der Waals surface area contributed by atoms with Crippen molar-refractivity contribution in [1.82, 2.24) is 4.98 Å². The fourth-order valence-electron chi connectivity index (χ4n) is 2.12. The van der Waals surface area contributed by atoms with Crippen LogP contribution >= 0.6 is 0 Å². The first-order chi connectivity index (χ1) is 11.6. The molecular formula is C18H21N3O3. The number of carbonyl (C=O) groups is 2. The Balaban J connectivity index is 2.08. The maximum absolute atomic E-state index is 12.1. The summed E-state index contributed by atoms with van der Waals surface area (Å²) in [7, 11) is 1.52. The highest BCUT2D eigenvalue weighted by atomic mass is 16.5. The van der Waals surface area contributed by atoms with Crippen LogP contribution in [0.3, 0.4) is 0 Å². The smallest absolute Gasteiger partial charge is 0.257 e. The van der Waals surface area contributed by atoms with Crippen molar-refractivity contribution in [2.75, 3.05) is 17.7 Å². The van der Waals surface area contributed by atoms with E-state index >= 15 is 0 Å². The molecule has 0 aliphatic rings. The van der Waals surface area contributed by atoms with E-state index in [0.717, 1.165) is 12.8 Å². The molecule has 2 aromatic rings. The van der Waals surface area contributed by atoms with Crippen molar-refractivity contribution in [3.05, 3.63) is 48.3 Å². The molecule has 24 heavy (non-hydrogen) atoms. The molecule has 0 saturated heterocycles. The van der Waals surface area contributed by atoms with Gasteiger partial charge < -0.3 is 15.4 Å². The summed E-state index contributed by atoms with van der Waals surface area (Å²) in [6.07, 6.45) is 5.38. The molecule has 6 heteroatoms. The van der Waals surface area contributed by atoms with Crippen LogP contribution in [0.5, 0.6) is 5.75 Å². The maximum atomic E-state index is 12.1. The van der Waals surface area contributed by atoms with Gasteiger partial charge in [0.2, 0.25) is 5.91 Å². The molecule has 126 valence electrons. The van der Waals surface area contributed by atoms with Gasteiger partial charge >= 0.3 is 0 Å². The van der Waals surface area contributed by atoms with Gasteiger partial charge in [0, 0.05) is 30.6 Å². The van der Waals surface area contributed by atoms with Gasteiger partial charge in [0.05, 0.1) is 18.4 Å². The summed E-state index contributed by atoms with van der Waals surface area (Å²) in [6.45, 7) is 2.04. The van der Waals surface area contributed by atoms with Crippen LogP contribution in [0.15, 0.2) is 42.7 Å². The second-order valence-electron chi connectivity index (χ2n) is 5.26. The third-order valence-electron chi connectivity index (χ3n) is 3.41. The number of benzene rings is 1. The number of hydrogen-bond acceptors (Lipinski definition) is 4. The second kappa shape index (κ2) is 8.67. The highest BCUT2D eigenvalue weighted by Gasteiger charge is 2.11. The fraction of sp³-hybridized carbons (Fsp3) is 0.278. The summed E-state index contributed by atoms with van der Waals surface area (Å²) in [4.78, 5) is 27.9. The average Bonchev–Trinajstić information content (AvgIpc) is 2.61. The van der Waals surface area contributed by atoms with Gasteiger partial charge in [-0.2, -0.15) is 0 Å². The van der Waals surface area contributed by atoms with Crippen molar-refractivity contribution in [2.45, 2.75) is 26.2 Å². The average molecular weight is 327 g/mol. The standard InChI is InChI=1S/C18H21N3O3/c1-3-4-7-17(22)21-15-9-8-14(11-16(15)24-2)20-18(23)13-6-5-10-19-12-13/h5-6,8-12H,3-4,7H2,1-2H3,(H,20,23)(H,21,22). The minimum Gasteiger partial charge on any atom is -0.494 e. The minimum atomic E-state index is -0.259. The quantitative estimate of drug-likeness (QED) is 0.816. The van der Waals surface area contributed by atoms with Crippen molar-refractivity contribution in [2.24, 2.45) is 0 Å². The van der Waals surface area contributed by atoms with Crippen LogP contribution in [0, 0.1) is 0 Å². The molecule has 2 amide bonds. The third-order valence-corrected chi connectivity index (χ3v) is 3.41. The highest BCUT2D eigenvalue weighted by molar-refractivity contribution is 6.04. The van der Waals surface area contributed by atoms with Gasteiger partial charge in [-0.05, 0) is 30.7 Å². The van der Waals surface area contributed by atoms with E-state index in [1.54, 1.807) is 36.5 Å². The monoisotopic (exact) mass is 327 g/mol. The topological polar surface area (TPSA) is 80.3 Å². The summed E-state index contributed by atoms with van der Waals surface area (Å²) < 4.78 is 5.30. The van der Waals surface area contributed by atoms with E-state index in [4.69, 9.17) is 4.74 Å². The lowest BCUT2D eigenvalue weighted by Crippen LogP contribution is -2.14. The zero-order chi connectivity index (χ0) is 17.4. The number of unbranched alkanes of at least 4 members (excludes halogenated alkanes) is 1. The number of nitrogens with zero attached hydrogens (tertiary/aromatic N) is 1. The maximum Gasteiger partial charge on any atom is 0.257 e. The lowest BCUT2D eigenvalue weighted by atomic mass is 10.2. The molecule has 0 unspecified atom stereocenters. The Morgan fingerprint density at radius 3 is 2.71 bits per heavy atom. The Morgan fingerprint density at radius 1 is 1.21 bits per heavy atom. The van der Waals surface area contributed by atoms with E-state index < -0.39 is 0 Å². The van der Waals surface area contributed by atoms with Crippen molar-refractivity contribution < 1.29 is 14.3 Å². The molecule has 0 atom stereocenters. The van der Waals surface area contributed by atoms with Crippen molar-refractivity contribution >= 4 is 23.2 Å². The van der Waals surface area contributed by atoms with Gasteiger partial charge in [-0.15, -0.1) is 0 Å². The van der Waals surface area contributed by atoms with Gasteiger partial charge in [0.25, 0.3) is 5.91 Å². The lowest BCUT2D eigenvalue weighted by Gasteiger charge is -2.12. The van der Waals surface area contributed by atoms with E-state index in [1.165, 1.54) is 13.3 Å². The summed E-state index contributed by atoms with van der Waals surface area (Å²) >= 11 is 0. The molecule has 0 radical (unpaired) electrons. The molecule has 6 nitrogen and oxygen atoms in total. The van der Waals surface area contributed by atoms with Gasteiger partial charge in [0.15, 0.2) is 0 Å². The van der Waals surface area contributed by atoms with Gasteiger partial charge in [-0.3, -0.25) is 14.6 Å². The van der Waals surface area contributed by atoms with Crippen molar-refractivity contribution in [1.29, 1.82) is 0 Å². The Bertz CT molecular complexity index is 702. The number of rotatable bonds is 7. The number of nitrogens with one attached hydrogen (secondary N) is 2. The molecular weight excluding hydrogens is 306 g/mol. The van der Waals surface area contributed by atoms with Crippen LogP contribution in [0.2, 0.25) is 0 Å². The van der Waals surface area contributed by atoms with Crippen LogP contribution in [0.4, 0.5) is 11.4 Å². The van der Waals surface area contributed by atoms with Gasteiger partial charge in [0.1, 0.15) is 5.75 Å². The predicted molar refractivity (Wildman–Crippen MR) is 93.3 cm³/mol. The molecule has 1 heterocycles. The molecule has 0 saturated carbocycles. The summed E-state index contributed by atoms with van der Waals surface area (Å²) in [5, 5.41) is 5.60. The van der Waals surface area contributed by atoms with Crippen LogP contribution in [0.25, 0.3) is 0 Å². The first-order valence-corrected chi connectivity index (χ1v) is 7.83. The summed E-state index contributed by atoms with van der Waals surface area (Å²) in [6, 6.07) is 8.48. The molecule has 2 N–H and O–H groups in total. The number of anilines is 2. The minimum absolute atomic E-state index is 0.0534. The third kappa shape index (κ3) is 4.81. The predicted octanol–water partition coefficient (Wildman–Crippen LogP) is 3.47. The van der Waals surface area contributed by atoms with Gasteiger partial charge in [-0.1, -0.05) is 13.3 Å². The van der Waals surface area contributed by atoms with E-state index in [0.29, 0.717) is 29.1 Å². The Kier molecular flexibility index (Phi) is 6.31. The van der Waals surface area contributed by atoms with Crippen LogP contribution in [-0.4, -0.2) is 23.9 Å². The van der Waals surface area contributed by atoms with Crippen LogP contribution < -0.4 is 15.4 Å². The normalized spacial score (nSPS) is 10.1. The molecule has 0 fully saturated rings. The van der Waals surface area contributed by atoms with Crippen molar-refractivity contribution in [3.8, 4) is 5.75 Å². The van der Waals surface area contributed by atoms with Crippen LogP contribution in [0.1, 0.15) is 36.5 Å². The Morgan fingerprint density at radius 2 is 2.04 bits per heavy atom. The number of methoxy groups -OCH3 is 1. The van der Waals surface area contributed by atoms with E-state index in [1.807, 2.05) is 6.92 Å². The molecule has 0 aliphatic carbocycles. The molecule has 2 rings (SSSR count). The van der Waals surface area contributed by atoms with E-state index in [9.17, 15) is 9.59 Å². The van der Waals surface area contributed by atoms with Crippen LogP contribution in [-0.2, 0) is 4.79 Å². The molecule has 1 aromatic heterocycles. The molecule has 0 bridgehead atoms. The SMILES string of the molecule is CCCCC(=O)Nc1ccc(NC(=O)c2cccnc2)cc1OC. The molecule has 0 aliphatic heterocycles. The fourth-order valence-corrected chi connectivity index (χ4v) is 2.12. The lowest BCUT2D eigenvalue weighted by molar-refractivity contribution is -0.116. The number of hydrogen-bond donors (Lipinski definition) is 2. The highest BCUT2D eigenvalue weighted by Crippen LogP contribution is 2.28. The number of ether oxygens (including phenoxy) is 1. The number of carbonyl (C=O) groups excluding carboxylic acids is 2.